The number of aliphatic hydroxyl groups excluding tert-OH is 1. The highest BCUT2D eigenvalue weighted by molar-refractivity contribution is 5.02. The zero-order valence-electron chi connectivity index (χ0n) is 7.16. The van der Waals surface area contributed by atoms with Gasteiger partial charge in [0.1, 0.15) is 0 Å². The molecule has 11 heavy (non-hydrogen) atoms. The van der Waals surface area contributed by atoms with Crippen LogP contribution in [-0.4, -0.2) is 24.4 Å². The van der Waals surface area contributed by atoms with Crippen LogP contribution < -0.4 is 0 Å². The Balaban J connectivity index is 2.03. The molecular formula is C9H16O2. The number of fused-ring (bicyclic) bond motifs is 1. The van der Waals surface area contributed by atoms with Crippen molar-refractivity contribution in [3.05, 3.63) is 0 Å². The maximum Gasteiger partial charge on any atom is 0.0629 e. The first-order valence-electron chi connectivity index (χ1n) is 4.45. The minimum Gasteiger partial charge on any atom is -0.393 e. The van der Waals surface area contributed by atoms with Crippen LogP contribution in [0.1, 0.15) is 19.8 Å². The average Bonchev–Trinajstić information content (AvgIpc) is 2.67. The molecule has 2 aliphatic carbocycles. The van der Waals surface area contributed by atoms with E-state index in [0.717, 1.165) is 6.42 Å². The van der Waals surface area contributed by atoms with Gasteiger partial charge in [0.05, 0.1) is 12.2 Å². The lowest BCUT2D eigenvalue weighted by atomic mass is 9.86. The van der Waals surface area contributed by atoms with Gasteiger partial charge in [0.2, 0.25) is 0 Å². The molecule has 2 saturated carbocycles. The van der Waals surface area contributed by atoms with Crippen molar-refractivity contribution in [1.29, 1.82) is 0 Å². The van der Waals surface area contributed by atoms with Gasteiger partial charge < -0.3 is 9.84 Å². The maximum atomic E-state index is 9.55. The SMILES string of the molecule is CO[C@@H]1[C@H]2C[C@H]2[C@@H](O)C[C@@H]1C. The summed E-state index contributed by atoms with van der Waals surface area (Å²) in [6, 6.07) is 0. The summed E-state index contributed by atoms with van der Waals surface area (Å²) >= 11 is 0. The summed E-state index contributed by atoms with van der Waals surface area (Å²) in [5, 5.41) is 9.55. The standard InChI is InChI=1S/C9H16O2/c1-5-3-8(10)6-4-7(6)9(5)11-2/h5-10H,3-4H2,1-2H3/t5-,6+,7-,8-,9-/m0/s1. The highest BCUT2D eigenvalue weighted by Crippen LogP contribution is 2.52. The topological polar surface area (TPSA) is 29.5 Å². The fraction of sp³-hybridized carbons (Fsp3) is 1.00. The van der Waals surface area contributed by atoms with Crippen molar-refractivity contribution in [1.82, 2.24) is 0 Å². The largest absolute Gasteiger partial charge is 0.393 e. The van der Waals surface area contributed by atoms with Crippen LogP contribution in [0.3, 0.4) is 0 Å². The Bertz CT molecular complexity index is 156. The monoisotopic (exact) mass is 156 g/mol. The fourth-order valence-electron chi connectivity index (χ4n) is 2.57. The molecule has 0 amide bonds. The summed E-state index contributed by atoms with van der Waals surface area (Å²) in [7, 11) is 1.79. The summed E-state index contributed by atoms with van der Waals surface area (Å²) in [6.45, 7) is 2.17. The van der Waals surface area contributed by atoms with Crippen molar-refractivity contribution >= 4 is 0 Å². The van der Waals surface area contributed by atoms with Crippen molar-refractivity contribution in [2.24, 2.45) is 17.8 Å². The van der Waals surface area contributed by atoms with Gasteiger partial charge in [0.25, 0.3) is 0 Å². The molecule has 2 heteroatoms. The number of rotatable bonds is 1. The summed E-state index contributed by atoms with van der Waals surface area (Å²) in [4.78, 5) is 0. The van der Waals surface area contributed by atoms with Gasteiger partial charge in [-0.1, -0.05) is 6.92 Å². The van der Waals surface area contributed by atoms with Gasteiger partial charge in [-0.05, 0) is 30.6 Å². The van der Waals surface area contributed by atoms with E-state index in [4.69, 9.17) is 4.74 Å². The third kappa shape index (κ3) is 1.09. The molecule has 0 heterocycles. The zero-order valence-corrected chi connectivity index (χ0v) is 7.16. The van der Waals surface area contributed by atoms with E-state index in [1.807, 2.05) is 0 Å². The second kappa shape index (κ2) is 2.46. The van der Waals surface area contributed by atoms with Crippen molar-refractivity contribution in [3.63, 3.8) is 0 Å². The zero-order chi connectivity index (χ0) is 8.01. The van der Waals surface area contributed by atoms with Crippen LogP contribution in [0.2, 0.25) is 0 Å². The average molecular weight is 156 g/mol. The van der Waals surface area contributed by atoms with Crippen LogP contribution in [0.15, 0.2) is 0 Å². The van der Waals surface area contributed by atoms with E-state index in [0.29, 0.717) is 23.9 Å². The van der Waals surface area contributed by atoms with Gasteiger partial charge in [0, 0.05) is 7.11 Å². The van der Waals surface area contributed by atoms with Crippen molar-refractivity contribution in [2.45, 2.75) is 32.0 Å². The molecular weight excluding hydrogens is 140 g/mol. The number of hydrogen-bond donors (Lipinski definition) is 1. The Morgan fingerprint density at radius 3 is 2.64 bits per heavy atom. The van der Waals surface area contributed by atoms with Gasteiger partial charge >= 0.3 is 0 Å². The Kier molecular flexibility index (Phi) is 1.69. The molecule has 0 unspecified atom stereocenters. The normalized spacial score (nSPS) is 55.4. The van der Waals surface area contributed by atoms with Crippen molar-refractivity contribution in [3.8, 4) is 0 Å². The van der Waals surface area contributed by atoms with E-state index in [2.05, 4.69) is 6.92 Å². The Labute approximate surface area is 67.6 Å². The van der Waals surface area contributed by atoms with Crippen LogP contribution in [-0.2, 0) is 4.74 Å². The summed E-state index contributed by atoms with van der Waals surface area (Å²) in [6.07, 6.45) is 2.49. The van der Waals surface area contributed by atoms with Crippen LogP contribution in [0.25, 0.3) is 0 Å². The Hall–Kier alpha value is -0.0800. The fourth-order valence-corrected chi connectivity index (χ4v) is 2.57. The molecule has 0 aromatic carbocycles. The molecule has 0 radical (unpaired) electrons. The van der Waals surface area contributed by atoms with E-state index in [9.17, 15) is 5.11 Å². The second-order valence-corrected chi connectivity index (χ2v) is 4.04. The molecule has 2 nitrogen and oxygen atoms in total. The van der Waals surface area contributed by atoms with Gasteiger partial charge in [-0.3, -0.25) is 0 Å². The summed E-state index contributed by atoms with van der Waals surface area (Å²) < 4.78 is 5.39. The van der Waals surface area contributed by atoms with E-state index in [1.54, 1.807) is 7.11 Å². The van der Waals surface area contributed by atoms with E-state index in [-0.39, 0.29) is 6.10 Å². The molecule has 0 aromatic heterocycles. The minimum absolute atomic E-state index is 0.0404. The molecule has 5 atom stereocenters. The number of ether oxygens (including phenoxy) is 1. The predicted octanol–water partition coefficient (Wildman–Crippen LogP) is 1.04. The predicted molar refractivity (Wildman–Crippen MR) is 42.2 cm³/mol. The van der Waals surface area contributed by atoms with E-state index < -0.39 is 0 Å². The lowest BCUT2D eigenvalue weighted by Gasteiger charge is -2.30. The van der Waals surface area contributed by atoms with Gasteiger partial charge in [-0.15, -0.1) is 0 Å². The van der Waals surface area contributed by atoms with E-state index >= 15 is 0 Å². The van der Waals surface area contributed by atoms with Crippen LogP contribution in [0.5, 0.6) is 0 Å². The Morgan fingerprint density at radius 1 is 1.27 bits per heavy atom. The lowest BCUT2D eigenvalue weighted by molar-refractivity contribution is -0.0214. The first kappa shape index (κ1) is 7.56. The maximum absolute atomic E-state index is 9.55. The van der Waals surface area contributed by atoms with Gasteiger partial charge in [-0.2, -0.15) is 0 Å². The number of aliphatic hydroxyl groups is 1. The van der Waals surface area contributed by atoms with Crippen molar-refractivity contribution in [2.75, 3.05) is 7.11 Å². The molecule has 64 valence electrons. The first-order chi connectivity index (χ1) is 5.24. The summed E-state index contributed by atoms with van der Waals surface area (Å²) in [5.74, 6) is 1.77. The van der Waals surface area contributed by atoms with E-state index in [1.165, 1.54) is 6.42 Å². The molecule has 0 aromatic rings. The van der Waals surface area contributed by atoms with Crippen molar-refractivity contribution < 1.29 is 9.84 Å². The van der Waals surface area contributed by atoms with Crippen LogP contribution in [0, 0.1) is 17.8 Å². The van der Waals surface area contributed by atoms with Crippen LogP contribution >= 0.6 is 0 Å². The Morgan fingerprint density at radius 2 is 2.00 bits per heavy atom. The molecule has 0 aliphatic heterocycles. The second-order valence-electron chi connectivity index (χ2n) is 4.04. The smallest absolute Gasteiger partial charge is 0.0629 e. The van der Waals surface area contributed by atoms with Crippen LogP contribution in [0.4, 0.5) is 0 Å². The van der Waals surface area contributed by atoms with Gasteiger partial charge in [-0.25, -0.2) is 0 Å². The molecule has 0 spiro atoms. The molecule has 2 aliphatic rings. The molecule has 0 saturated heterocycles. The molecule has 2 fully saturated rings. The summed E-state index contributed by atoms with van der Waals surface area (Å²) in [5.41, 5.74) is 0. The first-order valence-corrected chi connectivity index (χ1v) is 4.45. The third-order valence-electron chi connectivity index (χ3n) is 3.25. The lowest BCUT2D eigenvalue weighted by Crippen LogP contribution is -2.33. The van der Waals surface area contributed by atoms with Gasteiger partial charge in [0.15, 0.2) is 0 Å². The highest BCUT2D eigenvalue weighted by Gasteiger charge is 2.53. The third-order valence-corrected chi connectivity index (χ3v) is 3.25. The molecule has 0 bridgehead atoms. The molecule has 1 N–H and O–H groups in total. The number of methoxy groups -OCH3 is 1. The number of hydrogen-bond acceptors (Lipinski definition) is 2. The minimum atomic E-state index is -0.0404. The molecule has 2 rings (SSSR count). The highest BCUT2D eigenvalue weighted by atomic mass is 16.5. The quantitative estimate of drug-likeness (QED) is 0.614.